The molecule has 0 atom stereocenters. The molecule has 1 aliphatic heterocycles. The number of fused-ring (bicyclic) bond motifs is 1. The van der Waals surface area contributed by atoms with Gasteiger partial charge in [0.05, 0.1) is 19.2 Å². The first-order valence-corrected chi connectivity index (χ1v) is 7.77. The summed E-state index contributed by atoms with van der Waals surface area (Å²) in [5.41, 5.74) is 2.59. The summed E-state index contributed by atoms with van der Waals surface area (Å²) in [5, 5.41) is 3.42. The molecular weight excluding hydrogens is 270 g/mol. The second-order valence-electron chi connectivity index (χ2n) is 4.90. The lowest BCUT2D eigenvalue weighted by molar-refractivity contribution is 0.354. The van der Waals surface area contributed by atoms with Crippen LogP contribution in [-0.2, 0) is 6.42 Å². The molecule has 0 radical (unpaired) electrons. The van der Waals surface area contributed by atoms with E-state index in [9.17, 15) is 0 Å². The Hall–Kier alpha value is -1.68. The van der Waals surface area contributed by atoms with E-state index in [1.54, 1.807) is 25.6 Å². The fraction of sp³-hybridized carbons (Fsp3) is 0.375. The summed E-state index contributed by atoms with van der Waals surface area (Å²) < 4.78 is 10.9. The first kappa shape index (κ1) is 13.3. The standard InChI is InChI=1S/C16H19NO2S/c1-18-14-10-12-6-3-4-8-17(16-7-5-9-20-16)13(12)11-15(14)19-2/h5,7,9-11H,3-4,6,8H2,1-2H3. The Bertz CT molecular complexity index is 580. The number of hydrogen-bond acceptors (Lipinski definition) is 4. The summed E-state index contributed by atoms with van der Waals surface area (Å²) in [4.78, 5) is 2.40. The van der Waals surface area contributed by atoms with Gasteiger partial charge in [-0.05, 0) is 48.4 Å². The van der Waals surface area contributed by atoms with Gasteiger partial charge in [0.1, 0.15) is 0 Å². The lowest BCUT2D eigenvalue weighted by Crippen LogP contribution is -2.16. The van der Waals surface area contributed by atoms with E-state index in [4.69, 9.17) is 9.47 Å². The first-order chi connectivity index (χ1) is 9.83. The van der Waals surface area contributed by atoms with Gasteiger partial charge in [-0.1, -0.05) is 0 Å². The van der Waals surface area contributed by atoms with Crippen LogP contribution >= 0.6 is 11.3 Å². The average Bonchev–Trinajstić information content (AvgIpc) is 2.93. The van der Waals surface area contributed by atoms with E-state index in [0.717, 1.165) is 24.5 Å². The molecule has 1 aromatic carbocycles. The Labute approximate surface area is 123 Å². The Balaban J connectivity index is 2.10. The Morgan fingerprint density at radius 2 is 1.90 bits per heavy atom. The number of anilines is 2. The number of thiophene rings is 1. The first-order valence-electron chi connectivity index (χ1n) is 6.89. The number of rotatable bonds is 3. The maximum atomic E-state index is 5.46. The lowest BCUT2D eigenvalue weighted by Gasteiger charge is -2.24. The Morgan fingerprint density at radius 3 is 2.60 bits per heavy atom. The minimum atomic E-state index is 0.801. The topological polar surface area (TPSA) is 21.7 Å². The summed E-state index contributed by atoms with van der Waals surface area (Å²) in [6.45, 7) is 1.06. The van der Waals surface area contributed by atoms with Crippen molar-refractivity contribution in [3.05, 3.63) is 35.2 Å². The van der Waals surface area contributed by atoms with Crippen LogP contribution in [0.3, 0.4) is 0 Å². The molecule has 1 aromatic heterocycles. The highest BCUT2D eigenvalue weighted by Crippen LogP contribution is 2.41. The zero-order valence-corrected chi connectivity index (χ0v) is 12.7. The monoisotopic (exact) mass is 289 g/mol. The van der Waals surface area contributed by atoms with Crippen molar-refractivity contribution < 1.29 is 9.47 Å². The van der Waals surface area contributed by atoms with Gasteiger partial charge >= 0.3 is 0 Å². The molecule has 0 amide bonds. The molecule has 2 heterocycles. The van der Waals surface area contributed by atoms with Gasteiger partial charge < -0.3 is 14.4 Å². The molecule has 0 bridgehead atoms. The SMILES string of the molecule is COc1cc2c(cc1OC)N(c1cccs1)CCCC2. The van der Waals surface area contributed by atoms with Crippen molar-refractivity contribution in [1.82, 2.24) is 0 Å². The van der Waals surface area contributed by atoms with Crippen molar-refractivity contribution in [3.8, 4) is 11.5 Å². The Kier molecular flexibility index (Phi) is 3.83. The third kappa shape index (κ3) is 2.36. The molecule has 2 aromatic rings. The van der Waals surface area contributed by atoms with Gasteiger partial charge in [-0.2, -0.15) is 0 Å². The summed E-state index contributed by atoms with van der Waals surface area (Å²) in [6.07, 6.45) is 3.51. The summed E-state index contributed by atoms with van der Waals surface area (Å²) in [5.74, 6) is 1.62. The minimum Gasteiger partial charge on any atom is -0.493 e. The summed E-state index contributed by atoms with van der Waals surface area (Å²) >= 11 is 1.78. The fourth-order valence-electron chi connectivity index (χ4n) is 2.72. The van der Waals surface area contributed by atoms with Crippen LogP contribution in [0.4, 0.5) is 10.7 Å². The zero-order chi connectivity index (χ0) is 13.9. The highest BCUT2D eigenvalue weighted by molar-refractivity contribution is 7.14. The van der Waals surface area contributed by atoms with Crippen LogP contribution in [0.2, 0.25) is 0 Å². The van der Waals surface area contributed by atoms with Gasteiger partial charge in [0.15, 0.2) is 11.5 Å². The van der Waals surface area contributed by atoms with E-state index in [1.165, 1.54) is 29.1 Å². The molecule has 106 valence electrons. The van der Waals surface area contributed by atoms with Gasteiger partial charge in [-0.25, -0.2) is 0 Å². The number of hydrogen-bond donors (Lipinski definition) is 0. The van der Waals surface area contributed by atoms with Gasteiger partial charge in [-0.15, -0.1) is 11.3 Å². The van der Waals surface area contributed by atoms with Gasteiger partial charge in [0.2, 0.25) is 0 Å². The van der Waals surface area contributed by atoms with Crippen LogP contribution in [0.1, 0.15) is 18.4 Å². The predicted octanol–water partition coefficient (Wildman–Crippen LogP) is 4.24. The maximum Gasteiger partial charge on any atom is 0.162 e. The zero-order valence-electron chi connectivity index (χ0n) is 11.9. The molecule has 0 spiro atoms. The molecule has 0 saturated carbocycles. The molecule has 4 heteroatoms. The number of ether oxygens (including phenoxy) is 2. The van der Waals surface area contributed by atoms with E-state index >= 15 is 0 Å². The van der Waals surface area contributed by atoms with Gasteiger partial charge in [-0.3, -0.25) is 0 Å². The van der Waals surface area contributed by atoms with Crippen molar-refractivity contribution >= 4 is 22.0 Å². The predicted molar refractivity (Wildman–Crippen MR) is 83.8 cm³/mol. The van der Waals surface area contributed by atoms with E-state index in [2.05, 4.69) is 34.5 Å². The van der Waals surface area contributed by atoms with Crippen LogP contribution in [-0.4, -0.2) is 20.8 Å². The smallest absolute Gasteiger partial charge is 0.162 e. The normalized spacial score (nSPS) is 14.6. The molecule has 3 rings (SSSR count). The third-order valence-electron chi connectivity index (χ3n) is 3.73. The van der Waals surface area contributed by atoms with Crippen LogP contribution in [0, 0.1) is 0 Å². The minimum absolute atomic E-state index is 0.801. The molecule has 20 heavy (non-hydrogen) atoms. The molecule has 1 aliphatic rings. The highest BCUT2D eigenvalue weighted by Gasteiger charge is 2.20. The van der Waals surface area contributed by atoms with Crippen molar-refractivity contribution in [2.45, 2.75) is 19.3 Å². The van der Waals surface area contributed by atoms with Crippen molar-refractivity contribution in [2.75, 3.05) is 25.7 Å². The molecule has 0 aliphatic carbocycles. The van der Waals surface area contributed by atoms with E-state index < -0.39 is 0 Å². The van der Waals surface area contributed by atoms with Crippen molar-refractivity contribution in [3.63, 3.8) is 0 Å². The van der Waals surface area contributed by atoms with Crippen molar-refractivity contribution in [2.24, 2.45) is 0 Å². The second-order valence-corrected chi connectivity index (χ2v) is 5.82. The third-order valence-corrected chi connectivity index (χ3v) is 4.62. The number of aryl methyl sites for hydroxylation is 1. The van der Waals surface area contributed by atoms with Crippen LogP contribution < -0.4 is 14.4 Å². The van der Waals surface area contributed by atoms with E-state index in [0.29, 0.717) is 0 Å². The van der Waals surface area contributed by atoms with E-state index in [-0.39, 0.29) is 0 Å². The van der Waals surface area contributed by atoms with Crippen LogP contribution in [0.25, 0.3) is 0 Å². The van der Waals surface area contributed by atoms with E-state index in [1.807, 2.05) is 0 Å². The second kappa shape index (κ2) is 5.75. The quantitative estimate of drug-likeness (QED) is 0.843. The molecular formula is C16H19NO2S. The number of methoxy groups -OCH3 is 2. The van der Waals surface area contributed by atoms with Crippen LogP contribution in [0.15, 0.2) is 29.6 Å². The van der Waals surface area contributed by atoms with Gasteiger partial charge in [0, 0.05) is 18.3 Å². The summed E-state index contributed by atoms with van der Waals surface area (Å²) in [6, 6.07) is 8.51. The summed E-state index contributed by atoms with van der Waals surface area (Å²) in [7, 11) is 3.38. The molecule has 0 fully saturated rings. The number of nitrogens with zero attached hydrogens (tertiary/aromatic N) is 1. The Morgan fingerprint density at radius 1 is 1.10 bits per heavy atom. The highest BCUT2D eigenvalue weighted by atomic mass is 32.1. The largest absolute Gasteiger partial charge is 0.493 e. The van der Waals surface area contributed by atoms with Crippen molar-refractivity contribution in [1.29, 1.82) is 0 Å². The molecule has 0 unspecified atom stereocenters. The maximum absolute atomic E-state index is 5.46. The fourth-order valence-corrected chi connectivity index (χ4v) is 3.49. The van der Waals surface area contributed by atoms with Gasteiger partial charge in [0.25, 0.3) is 0 Å². The molecule has 0 saturated heterocycles. The van der Waals surface area contributed by atoms with Crippen LogP contribution in [0.5, 0.6) is 11.5 Å². The molecule has 3 nitrogen and oxygen atoms in total. The lowest BCUT2D eigenvalue weighted by atomic mass is 10.1. The molecule has 0 N–H and O–H groups in total. The average molecular weight is 289 g/mol. The number of benzene rings is 1.